The summed E-state index contributed by atoms with van der Waals surface area (Å²) in [6.45, 7) is 1.89. The van der Waals surface area contributed by atoms with E-state index >= 15 is 0 Å². The lowest BCUT2D eigenvalue weighted by atomic mass is 9.96. The molecule has 3 amide bonds. The van der Waals surface area contributed by atoms with E-state index in [2.05, 4.69) is 20.4 Å². The molecular weight excluding hydrogens is 498 g/mol. The standard InChI is InChI=1S/C27H32F2N4O5/c1-3-30-25(35)19-6-8-22(31-12-19)26(36)32-13-21-10-20(14-33(21)16(2)34)18-7-9-23(38-27(28)29)24(11-18)37-15-17-4-5-17/h6-9,11-12,17,20-21,27H,3-5,10,13-15H2,1-2H3,(H,30,35)(H,32,36)/t20-,21-/m1/s1. The highest BCUT2D eigenvalue weighted by Crippen LogP contribution is 2.38. The molecule has 2 N–H and O–H groups in total. The van der Waals surface area contributed by atoms with Crippen LogP contribution < -0.4 is 20.1 Å². The maximum atomic E-state index is 12.9. The quantitative estimate of drug-likeness (QED) is 0.461. The van der Waals surface area contributed by atoms with E-state index in [1.165, 1.54) is 31.3 Å². The summed E-state index contributed by atoms with van der Waals surface area (Å²) in [5.41, 5.74) is 1.37. The number of likely N-dealkylation sites (tertiary alicyclic amines) is 1. The molecule has 1 saturated heterocycles. The second kappa shape index (κ2) is 12.2. The van der Waals surface area contributed by atoms with Gasteiger partial charge in [-0.25, -0.2) is 0 Å². The molecule has 0 bridgehead atoms. The summed E-state index contributed by atoms with van der Waals surface area (Å²) >= 11 is 0. The van der Waals surface area contributed by atoms with Crippen molar-refractivity contribution in [2.24, 2.45) is 5.92 Å². The molecule has 2 heterocycles. The van der Waals surface area contributed by atoms with Crippen LogP contribution in [0.5, 0.6) is 11.5 Å². The zero-order chi connectivity index (χ0) is 27.2. The van der Waals surface area contributed by atoms with E-state index in [9.17, 15) is 23.2 Å². The van der Waals surface area contributed by atoms with Crippen LogP contribution in [0.4, 0.5) is 8.78 Å². The third-order valence-electron chi connectivity index (χ3n) is 6.74. The van der Waals surface area contributed by atoms with Crippen molar-refractivity contribution >= 4 is 17.7 Å². The van der Waals surface area contributed by atoms with Crippen molar-refractivity contribution in [1.29, 1.82) is 0 Å². The molecule has 2 aromatic rings. The van der Waals surface area contributed by atoms with Crippen LogP contribution >= 0.6 is 0 Å². The molecule has 0 unspecified atom stereocenters. The molecule has 1 aromatic heterocycles. The van der Waals surface area contributed by atoms with E-state index in [1.54, 1.807) is 17.0 Å². The zero-order valence-corrected chi connectivity index (χ0v) is 21.4. The summed E-state index contributed by atoms with van der Waals surface area (Å²) in [6.07, 6.45) is 4.03. The van der Waals surface area contributed by atoms with Crippen molar-refractivity contribution < 1.29 is 32.6 Å². The van der Waals surface area contributed by atoms with Gasteiger partial charge < -0.3 is 25.0 Å². The molecular formula is C27H32F2N4O5. The number of pyridine rings is 1. The fraction of sp³-hybridized carbons (Fsp3) is 0.481. The Morgan fingerprint density at radius 3 is 2.53 bits per heavy atom. The predicted molar refractivity (Wildman–Crippen MR) is 134 cm³/mol. The molecule has 1 saturated carbocycles. The maximum Gasteiger partial charge on any atom is 0.387 e. The Balaban J connectivity index is 1.41. The zero-order valence-electron chi connectivity index (χ0n) is 21.4. The molecule has 9 nitrogen and oxygen atoms in total. The van der Waals surface area contributed by atoms with Crippen molar-refractivity contribution in [2.75, 3.05) is 26.2 Å². The largest absolute Gasteiger partial charge is 0.489 e. The lowest BCUT2D eigenvalue weighted by molar-refractivity contribution is -0.129. The summed E-state index contributed by atoms with van der Waals surface area (Å²) in [5, 5.41) is 5.50. The number of carbonyl (C=O) groups is 3. The van der Waals surface area contributed by atoms with E-state index in [4.69, 9.17) is 4.74 Å². The van der Waals surface area contributed by atoms with Crippen LogP contribution in [0.1, 0.15) is 65.4 Å². The number of hydrogen-bond donors (Lipinski definition) is 2. The van der Waals surface area contributed by atoms with Crippen LogP contribution in [0.15, 0.2) is 36.5 Å². The Morgan fingerprint density at radius 2 is 1.89 bits per heavy atom. The fourth-order valence-electron chi connectivity index (χ4n) is 4.54. The lowest BCUT2D eigenvalue weighted by Crippen LogP contribution is -2.42. The van der Waals surface area contributed by atoms with Crippen LogP contribution in [-0.2, 0) is 4.79 Å². The Morgan fingerprint density at radius 1 is 1.11 bits per heavy atom. The summed E-state index contributed by atoms with van der Waals surface area (Å²) in [7, 11) is 0. The first-order chi connectivity index (χ1) is 18.2. The third kappa shape index (κ3) is 6.96. The summed E-state index contributed by atoms with van der Waals surface area (Å²) < 4.78 is 36.2. The molecule has 2 aliphatic rings. The second-order valence-electron chi connectivity index (χ2n) is 9.60. The first-order valence-corrected chi connectivity index (χ1v) is 12.8. The number of aromatic nitrogens is 1. The molecule has 38 heavy (non-hydrogen) atoms. The van der Waals surface area contributed by atoms with E-state index < -0.39 is 12.5 Å². The summed E-state index contributed by atoms with van der Waals surface area (Å²) in [4.78, 5) is 42.7. The minimum Gasteiger partial charge on any atom is -0.489 e. The van der Waals surface area contributed by atoms with Gasteiger partial charge in [-0.15, -0.1) is 0 Å². The van der Waals surface area contributed by atoms with Crippen LogP contribution in [0.2, 0.25) is 0 Å². The van der Waals surface area contributed by atoms with Gasteiger partial charge >= 0.3 is 6.61 Å². The monoisotopic (exact) mass is 530 g/mol. The molecule has 1 aromatic carbocycles. The van der Waals surface area contributed by atoms with E-state index in [0.29, 0.717) is 37.6 Å². The minimum atomic E-state index is -2.96. The summed E-state index contributed by atoms with van der Waals surface area (Å²) in [5.74, 6) is -0.189. The average molecular weight is 531 g/mol. The van der Waals surface area contributed by atoms with Crippen molar-refractivity contribution in [3.05, 3.63) is 53.3 Å². The number of nitrogens with one attached hydrogen (secondary N) is 2. The highest BCUT2D eigenvalue weighted by Gasteiger charge is 2.35. The number of carbonyl (C=O) groups excluding carboxylic acids is 3. The maximum absolute atomic E-state index is 12.9. The Hall–Kier alpha value is -3.76. The van der Waals surface area contributed by atoms with Crippen LogP contribution in [-0.4, -0.2) is 66.5 Å². The second-order valence-corrected chi connectivity index (χ2v) is 9.60. The van der Waals surface area contributed by atoms with Crippen molar-refractivity contribution in [3.63, 3.8) is 0 Å². The molecule has 1 aliphatic carbocycles. The van der Waals surface area contributed by atoms with Crippen molar-refractivity contribution in [3.8, 4) is 11.5 Å². The molecule has 1 aliphatic heterocycles. The van der Waals surface area contributed by atoms with Crippen molar-refractivity contribution in [1.82, 2.24) is 20.5 Å². The Kier molecular flexibility index (Phi) is 8.75. The number of halogens is 2. The molecule has 0 radical (unpaired) electrons. The average Bonchev–Trinajstić information content (AvgIpc) is 3.62. The highest BCUT2D eigenvalue weighted by molar-refractivity contribution is 5.96. The number of alkyl halides is 2. The lowest BCUT2D eigenvalue weighted by Gasteiger charge is -2.23. The number of benzene rings is 1. The normalized spacial score (nSPS) is 18.8. The first-order valence-electron chi connectivity index (χ1n) is 12.8. The van der Waals surface area contributed by atoms with Crippen LogP contribution in [0.3, 0.4) is 0 Å². The fourth-order valence-corrected chi connectivity index (χ4v) is 4.54. The predicted octanol–water partition coefficient (Wildman–Crippen LogP) is 3.36. The van der Waals surface area contributed by atoms with Gasteiger partial charge in [-0.2, -0.15) is 8.78 Å². The topological polar surface area (TPSA) is 110 Å². The van der Waals surface area contributed by atoms with E-state index in [1.807, 2.05) is 6.92 Å². The van der Waals surface area contributed by atoms with Gasteiger partial charge in [-0.1, -0.05) is 6.07 Å². The van der Waals surface area contributed by atoms with Gasteiger partial charge in [0.15, 0.2) is 11.5 Å². The number of nitrogens with zero attached hydrogens (tertiary/aromatic N) is 2. The molecule has 4 rings (SSSR count). The Labute approximate surface area is 219 Å². The van der Waals surface area contributed by atoms with Crippen molar-refractivity contribution in [2.45, 2.75) is 51.7 Å². The summed E-state index contributed by atoms with van der Waals surface area (Å²) in [6, 6.07) is 7.66. The highest BCUT2D eigenvalue weighted by atomic mass is 19.3. The van der Waals surface area contributed by atoms with Gasteiger partial charge in [0.05, 0.1) is 12.2 Å². The minimum absolute atomic E-state index is 0.0136. The van der Waals surface area contributed by atoms with Gasteiger partial charge in [-0.3, -0.25) is 19.4 Å². The number of rotatable bonds is 11. The van der Waals surface area contributed by atoms with Crippen LogP contribution in [0, 0.1) is 5.92 Å². The number of amides is 3. The van der Waals surface area contributed by atoms with Gasteiger partial charge in [0.1, 0.15) is 5.69 Å². The molecule has 0 spiro atoms. The number of hydrogen-bond acceptors (Lipinski definition) is 6. The SMILES string of the molecule is CCNC(=O)c1ccc(C(=O)NC[C@H]2C[C@@H](c3ccc(OC(F)F)c(OCC4CC4)c3)CN2C(C)=O)nc1. The van der Waals surface area contributed by atoms with E-state index in [-0.39, 0.29) is 47.5 Å². The van der Waals surface area contributed by atoms with Gasteiger partial charge in [-0.05, 0) is 61.9 Å². The Bertz CT molecular complexity index is 1160. The molecule has 2 atom stereocenters. The third-order valence-corrected chi connectivity index (χ3v) is 6.74. The van der Waals surface area contributed by atoms with Crippen LogP contribution in [0.25, 0.3) is 0 Å². The molecule has 11 heteroatoms. The van der Waals surface area contributed by atoms with Gasteiger partial charge in [0.25, 0.3) is 11.8 Å². The first kappa shape index (κ1) is 27.3. The molecule has 204 valence electrons. The van der Waals surface area contributed by atoms with Gasteiger partial charge in [0.2, 0.25) is 5.91 Å². The van der Waals surface area contributed by atoms with E-state index in [0.717, 1.165) is 18.4 Å². The number of ether oxygens (including phenoxy) is 2. The van der Waals surface area contributed by atoms with Gasteiger partial charge in [0, 0.05) is 44.7 Å². The molecule has 2 fully saturated rings. The smallest absolute Gasteiger partial charge is 0.387 e.